The highest BCUT2D eigenvalue weighted by molar-refractivity contribution is 7.99. The van der Waals surface area contributed by atoms with Crippen molar-refractivity contribution in [2.75, 3.05) is 5.75 Å². The number of carboxylic acid groups (broad SMARTS) is 1. The number of rotatable bonds is 11. The average molecular weight is 313 g/mol. The molecular formula is C15H27N3O2S. The molecule has 0 atom stereocenters. The van der Waals surface area contributed by atoms with Gasteiger partial charge in [-0.15, -0.1) is 10.2 Å². The number of carboxylic acids is 1. The third kappa shape index (κ3) is 6.50. The molecule has 0 aliphatic rings. The molecule has 1 N–H and O–H groups in total. The minimum Gasteiger partial charge on any atom is -0.481 e. The van der Waals surface area contributed by atoms with Crippen LogP contribution in [0, 0.1) is 0 Å². The minimum atomic E-state index is -0.819. The van der Waals surface area contributed by atoms with Crippen LogP contribution in [-0.4, -0.2) is 31.6 Å². The first-order valence-electron chi connectivity index (χ1n) is 7.84. The summed E-state index contributed by atoms with van der Waals surface area (Å²) >= 11 is 1.26. The molecule has 5 nitrogen and oxygen atoms in total. The third-order valence-corrected chi connectivity index (χ3v) is 4.27. The lowest BCUT2D eigenvalue weighted by molar-refractivity contribution is -0.133. The van der Waals surface area contributed by atoms with E-state index in [1.54, 1.807) is 0 Å². The number of hydrogen-bond acceptors (Lipinski definition) is 4. The van der Waals surface area contributed by atoms with Crippen molar-refractivity contribution in [3.63, 3.8) is 0 Å². The van der Waals surface area contributed by atoms with Gasteiger partial charge in [0.05, 0.1) is 5.75 Å². The maximum Gasteiger partial charge on any atom is 0.313 e. The number of nitrogens with zero attached hydrogens (tertiary/aromatic N) is 3. The van der Waals surface area contributed by atoms with Crippen LogP contribution in [-0.2, 0) is 11.3 Å². The fourth-order valence-corrected chi connectivity index (χ4v) is 2.91. The van der Waals surface area contributed by atoms with E-state index < -0.39 is 5.97 Å². The van der Waals surface area contributed by atoms with Crippen LogP contribution < -0.4 is 0 Å². The van der Waals surface area contributed by atoms with Gasteiger partial charge in [-0.3, -0.25) is 4.79 Å². The molecule has 120 valence electrons. The number of hydrogen-bond donors (Lipinski definition) is 1. The van der Waals surface area contributed by atoms with Gasteiger partial charge in [0.2, 0.25) is 0 Å². The van der Waals surface area contributed by atoms with Gasteiger partial charge in [0, 0.05) is 12.5 Å². The summed E-state index contributed by atoms with van der Waals surface area (Å²) in [7, 11) is 0. The normalized spacial score (nSPS) is 11.2. The van der Waals surface area contributed by atoms with Crippen molar-refractivity contribution in [1.82, 2.24) is 14.8 Å². The van der Waals surface area contributed by atoms with E-state index in [1.165, 1.54) is 43.9 Å². The summed E-state index contributed by atoms with van der Waals surface area (Å²) in [6, 6.07) is 0. The zero-order valence-corrected chi connectivity index (χ0v) is 14.2. The molecule has 0 saturated carbocycles. The van der Waals surface area contributed by atoms with Gasteiger partial charge in [-0.25, -0.2) is 0 Å². The predicted molar refractivity (Wildman–Crippen MR) is 85.8 cm³/mol. The van der Waals surface area contributed by atoms with Crippen LogP contribution in [0.4, 0.5) is 0 Å². The quantitative estimate of drug-likeness (QED) is 0.495. The lowest BCUT2D eigenvalue weighted by Gasteiger charge is -2.11. The summed E-state index contributed by atoms with van der Waals surface area (Å²) in [6.45, 7) is 7.29. The van der Waals surface area contributed by atoms with Gasteiger partial charge < -0.3 is 9.67 Å². The Bertz CT molecular complexity index is 433. The maximum atomic E-state index is 10.7. The average Bonchev–Trinajstić information content (AvgIpc) is 2.83. The number of carbonyl (C=O) groups is 1. The van der Waals surface area contributed by atoms with Gasteiger partial charge in [-0.1, -0.05) is 64.6 Å². The minimum absolute atomic E-state index is 0.0345. The Morgan fingerprint density at radius 2 is 1.86 bits per heavy atom. The molecule has 0 aliphatic heterocycles. The second-order valence-corrected chi connectivity index (χ2v) is 6.54. The van der Waals surface area contributed by atoms with E-state index >= 15 is 0 Å². The van der Waals surface area contributed by atoms with Gasteiger partial charge in [0.25, 0.3) is 0 Å². The van der Waals surface area contributed by atoms with Crippen LogP contribution in [0.1, 0.15) is 71.0 Å². The molecule has 0 aromatic carbocycles. The van der Waals surface area contributed by atoms with Crippen LogP contribution in [0.5, 0.6) is 0 Å². The number of aliphatic carboxylic acids is 1. The van der Waals surface area contributed by atoms with E-state index in [9.17, 15) is 4.79 Å². The molecule has 0 bridgehead atoms. The largest absolute Gasteiger partial charge is 0.481 e. The second kappa shape index (κ2) is 9.82. The van der Waals surface area contributed by atoms with Crippen molar-refractivity contribution in [2.45, 2.75) is 76.9 Å². The molecule has 1 rings (SSSR count). The molecule has 0 saturated heterocycles. The maximum absolute atomic E-state index is 10.7. The monoisotopic (exact) mass is 313 g/mol. The Hall–Kier alpha value is -1.04. The first kappa shape index (κ1) is 18.0. The van der Waals surface area contributed by atoms with E-state index in [-0.39, 0.29) is 5.75 Å². The highest BCUT2D eigenvalue weighted by Crippen LogP contribution is 2.22. The van der Waals surface area contributed by atoms with Crippen LogP contribution in [0.3, 0.4) is 0 Å². The highest BCUT2D eigenvalue weighted by atomic mass is 32.2. The standard InChI is InChI=1S/C15H27N3O2S/c1-4-5-6-7-8-9-10-18-14(12(2)3)16-17-15(18)21-11-13(19)20/h12H,4-11H2,1-3H3,(H,19,20). The van der Waals surface area contributed by atoms with Gasteiger partial charge in [-0.05, 0) is 6.42 Å². The Balaban J connectivity index is 2.55. The first-order valence-corrected chi connectivity index (χ1v) is 8.82. The van der Waals surface area contributed by atoms with Gasteiger partial charge in [0.1, 0.15) is 5.82 Å². The summed E-state index contributed by atoms with van der Waals surface area (Å²) in [5.74, 6) is 0.473. The van der Waals surface area contributed by atoms with Crippen LogP contribution in [0.15, 0.2) is 5.16 Å². The molecule has 1 heterocycles. The zero-order valence-electron chi connectivity index (χ0n) is 13.3. The van der Waals surface area contributed by atoms with Crippen molar-refractivity contribution < 1.29 is 9.90 Å². The van der Waals surface area contributed by atoms with Gasteiger partial charge >= 0.3 is 5.97 Å². The van der Waals surface area contributed by atoms with Crippen LogP contribution >= 0.6 is 11.8 Å². The number of aromatic nitrogens is 3. The molecular weight excluding hydrogens is 286 g/mol. The summed E-state index contributed by atoms with van der Waals surface area (Å²) in [5, 5.41) is 17.9. The Morgan fingerprint density at radius 1 is 1.19 bits per heavy atom. The SMILES string of the molecule is CCCCCCCCn1c(SCC(=O)O)nnc1C(C)C. The molecule has 0 aliphatic carbocycles. The van der Waals surface area contributed by atoms with Gasteiger partial charge in [0.15, 0.2) is 5.16 Å². The van der Waals surface area contributed by atoms with Crippen molar-refractivity contribution in [3.05, 3.63) is 5.82 Å². The second-order valence-electron chi connectivity index (χ2n) is 5.60. The van der Waals surface area contributed by atoms with Crippen molar-refractivity contribution in [2.24, 2.45) is 0 Å². The van der Waals surface area contributed by atoms with E-state index in [0.29, 0.717) is 5.92 Å². The van der Waals surface area contributed by atoms with E-state index in [4.69, 9.17) is 5.11 Å². The predicted octanol–water partition coefficient (Wildman–Crippen LogP) is 3.94. The first-order chi connectivity index (χ1) is 10.1. The van der Waals surface area contributed by atoms with E-state index in [2.05, 4.69) is 35.5 Å². The van der Waals surface area contributed by atoms with Crippen molar-refractivity contribution in [1.29, 1.82) is 0 Å². The smallest absolute Gasteiger partial charge is 0.313 e. The Morgan fingerprint density at radius 3 is 2.48 bits per heavy atom. The summed E-state index contributed by atoms with van der Waals surface area (Å²) < 4.78 is 2.10. The molecule has 0 unspecified atom stereocenters. The fourth-order valence-electron chi connectivity index (χ4n) is 2.22. The summed E-state index contributed by atoms with van der Waals surface area (Å²) in [4.78, 5) is 10.7. The van der Waals surface area contributed by atoms with E-state index in [0.717, 1.165) is 23.9 Å². The van der Waals surface area contributed by atoms with Crippen LogP contribution in [0.25, 0.3) is 0 Å². The van der Waals surface area contributed by atoms with Gasteiger partial charge in [-0.2, -0.15) is 0 Å². The zero-order chi connectivity index (χ0) is 15.7. The van der Waals surface area contributed by atoms with Crippen molar-refractivity contribution >= 4 is 17.7 Å². The summed E-state index contributed by atoms with van der Waals surface area (Å²) in [6.07, 6.45) is 7.45. The van der Waals surface area contributed by atoms with Crippen molar-refractivity contribution in [3.8, 4) is 0 Å². The molecule has 21 heavy (non-hydrogen) atoms. The number of unbranched alkanes of at least 4 members (excludes halogenated alkanes) is 5. The molecule has 0 radical (unpaired) electrons. The number of thioether (sulfide) groups is 1. The molecule has 0 spiro atoms. The lowest BCUT2D eigenvalue weighted by Crippen LogP contribution is -2.08. The fraction of sp³-hybridized carbons (Fsp3) is 0.800. The van der Waals surface area contributed by atoms with Crippen LogP contribution in [0.2, 0.25) is 0 Å². The Kier molecular flexibility index (Phi) is 8.42. The molecule has 0 amide bonds. The molecule has 1 aromatic rings. The molecule has 1 aromatic heterocycles. The lowest BCUT2D eigenvalue weighted by atomic mass is 10.1. The topological polar surface area (TPSA) is 68.0 Å². The highest BCUT2D eigenvalue weighted by Gasteiger charge is 2.15. The van der Waals surface area contributed by atoms with E-state index in [1.807, 2.05) is 0 Å². The molecule has 0 fully saturated rings. The molecule has 6 heteroatoms. The summed E-state index contributed by atoms with van der Waals surface area (Å²) in [5.41, 5.74) is 0. The Labute approximate surface area is 131 Å². The third-order valence-electron chi connectivity index (χ3n) is 3.32.